The molecule has 13 heavy (non-hydrogen) atoms. The number of aliphatic hydroxyl groups is 1. The fourth-order valence-corrected chi connectivity index (χ4v) is 1.32. The molecule has 0 saturated heterocycles. The third kappa shape index (κ3) is 2.72. The van der Waals surface area contributed by atoms with Gasteiger partial charge in [-0.1, -0.05) is 18.2 Å². The number of rotatable bonds is 4. The second-order valence-corrected chi connectivity index (χ2v) is 3.10. The third-order valence-electron chi connectivity index (χ3n) is 2.07. The number of aliphatic hydroxyl groups excluding tert-OH is 1. The number of benzene rings is 1. The molecule has 0 fully saturated rings. The molecule has 0 aliphatic rings. The van der Waals surface area contributed by atoms with Crippen molar-refractivity contribution in [1.82, 2.24) is 0 Å². The Morgan fingerprint density at radius 1 is 1.31 bits per heavy atom. The van der Waals surface area contributed by atoms with E-state index in [0.29, 0.717) is 0 Å². The van der Waals surface area contributed by atoms with Crippen molar-refractivity contribution in [3.8, 4) is 0 Å². The number of nitrogen functional groups attached to an aromatic ring is 1. The minimum Gasteiger partial charge on any atom is -0.398 e. The van der Waals surface area contributed by atoms with Crippen molar-refractivity contribution in [1.29, 1.82) is 0 Å². The van der Waals surface area contributed by atoms with E-state index in [4.69, 9.17) is 16.6 Å². The highest BCUT2D eigenvalue weighted by Gasteiger charge is 2.07. The molecule has 0 bridgehead atoms. The zero-order valence-corrected chi connectivity index (χ0v) is 7.61. The number of nitrogens with two attached hydrogens (primary N) is 2. The molecule has 0 aliphatic heterocycles. The van der Waals surface area contributed by atoms with Crippen LogP contribution in [0.15, 0.2) is 24.3 Å². The summed E-state index contributed by atoms with van der Waals surface area (Å²) >= 11 is 0. The third-order valence-corrected chi connectivity index (χ3v) is 2.07. The van der Waals surface area contributed by atoms with Gasteiger partial charge in [0.25, 0.3) is 0 Å². The zero-order chi connectivity index (χ0) is 9.68. The first-order chi connectivity index (χ1) is 6.25. The zero-order valence-electron chi connectivity index (χ0n) is 7.61. The van der Waals surface area contributed by atoms with Gasteiger partial charge in [0.05, 0.1) is 0 Å². The van der Waals surface area contributed by atoms with Gasteiger partial charge in [0.15, 0.2) is 0 Å². The van der Waals surface area contributed by atoms with Gasteiger partial charge in [-0.05, 0) is 24.5 Å². The monoisotopic (exact) mass is 180 g/mol. The van der Waals surface area contributed by atoms with E-state index in [-0.39, 0.29) is 12.6 Å². The van der Waals surface area contributed by atoms with Crippen LogP contribution in [0.25, 0.3) is 0 Å². The minimum absolute atomic E-state index is 0.0617. The molecule has 1 rings (SSSR count). The van der Waals surface area contributed by atoms with E-state index < -0.39 is 0 Å². The van der Waals surface area contributed by atoms with Crippen LogP contribution in [0.2, 0.25) is 0 Å². The highest BCUT2D eigenvalue weighted by molar-refractivity contribution is 5.47. The molecule has 0 aromatic heterocycles. The van der Waals surface area contributed by atoms with Crippen molar-refractivity contribution in [3.63, 3.8) is 0 Å². The lowest BCUT2D eigenvalue weighted by atomic mass is 10.0. The summed E-state index contributed by atoms with van der Waals surface area (Å²) in [5, 5.41) is 8.64. The van der Waals surface area contributed by atoms with Gasteiger partial charge in [0.1, 0.15) is 0 Å². The van der Waals surface area contributed by atoms with Crippen molar-refractivity contribution in [3.05, 3.63) is 29.8 Å². The van der Waals surface area contributed by atoms with Crippen LogP contribution in [0.3, 0.4) is 0 Å². The lowest BCUT2D eigenvalue weighted by molar-refractivity contribution is 0.280. The Hall–Kier alpha value is -1.06. The molecule has 1 aromatic rings. The summed E-state index contributed by atoms with van der Waals surface area (Å²) < 4.78 is 0. The molecular formula is C10H16N2O. The molecule has 0 heterocycles. The Kier molecular flexibility index (Phi) is 3.73. The molecule has 72 valence electrons. The molecule has 0 spiro atoms. The molecule has 1 atom stereocenters. The molecule has 0 aliphatic carbocycles. The van der Waals surface area contributed by atoms with Gasteiger partial charge in [-0.3, -0.25) is 0 Å². The highest BCUT2D eigenvalue weighted by Crippen LogP contribution is 2.21. The van der Waals surface area contributed by atoms with Crippen molar-refractivity contribution >= 4 is 5.69 Å². The Morgan fingerprint density at radius 3 is 2.62 bits per heavy atom. The summed E-state index contributed by atoms with van der Waals surface area (Å²) in [4.78, 5) is 0. The van der Waals surface area contributed by atoms with Crippen molar-refractivity contribution in [2.75, 3.05) is 12.3 Å². The van der Waals surface area contributed by atoms with Crippen LogP contribution in [0.4, 0.5) is 5.69 Å². The molecule has 1 aromatic carbocycles. The Labute approximate surface area is 78.4 Å². The average molecular weight is 180 g/mol. The lowest BCUT2D eigenvalue weighted by Gasteiger charge is -2.13. The quantitative estimate of drug-likeness (QED) is 0.606. The fraction of sp³-hybridized carbons (Fsp3) is 0.400. The van der Waals surface area contributed by atoms with E-state index in [9.17, 15) is 0 Å². The summed E-state index contributed by atoms with van der Waals surface area (Å²) in [6, 6.07) is 7.52. The van der Waals surface area contributed by atoms with Crippen LogP contribution in [0, 0.1) is 0 Å². The predicted octanol–water partition coefficient (Wildman–Crippen LogP) is 1.04. The SMILES string of the molecule is Nc1ccccc1[C@H](N)CCCO. The van der Waals surface area contributed by atoms with E-state index in [0.717, 1.165) is 24.1 Å². The van der Waals surface area contributed by atoms with Gasteiger partial charge < -0.3 is 16.6 Å². The Morgan fingerprint density at radius 2 is 2.00 bits per heavy atom. The van der Waals surface area contributed by atoms with Gasteiger partial charge >= 0.3 is 0 Å². The maximum Gasteiger partial charge on any atom is 0.0431 e. The summed E-state index contributed by atoms with van der Waals surface area (Å²) in [6.07, 6.45) is 1.49. The van der Waals surface area contributed by atoms with E-state index >= 15 is 0 Å². The fourth-order valence-electron chi connectivity index (χ4n) is 1.32. The van der Waals surface area contributed by atoms with E-state index in [1.165, 1.54) is 0 Å². The standard InChI is InChI=1S/C10H16N2O/c11-9-5-2-1-4-8(9)10(12)6-3-7-13/h1-2,4-5,10,13H,3,6-7,11-12H2/t10-/m1/s1. The minimum atomic E-state index is -0.0617. The first-order valence-electron chi connectivity index (χ1n) is 4.46. The molecule has 0 unspecified atom stereocenters. The Bertz CT molecular complexity index is 263. The van der Waals surface area contributed by atoms with Crippen molar-refractivity contribution in [2.24, 2.45) is 5.73 Å². The predicted molar refractivity (Wildman–Crippen MR) is 54.1 cm³/mol. The summed E-state index contributed by atoms with van der Waals surface area (Å²) in [6.45, 7) is 0.181. The molecule has 0 amide bonds. The van der Waals surface area contributed by atoms with E-state index in [2.05, 4.69) is 0 Å². The van der Waals surface area contributed by atoms with E-state index in [1.54, 1.807) is 0 Å². The van der Waals surface area contributed by atoms with Gasteiger partial charge in [-0.15, -0.1) is 0 Å². The number of hydrogen-bond acceptors (Lipinski definition) is 3. The van der Waals surface area contributed by atoms with Crippen molar-refractivity contribution in [2.45, 2.75) is 18.9 Å². The van der Waals surface area contributed by atoms with Gasteiger partial charge in [-0.25, -0.2) is 0 Å². The van der Waals surface area contributed by atoms with Crippen LogP contribution in [-0.2, 0) is 0 Å². The summed E-state index contributed by atoms with van der Waals surface area (Å²) in [5.74, 6) is 0. The number of anilines is 1. The van der Waals surface area contributed by atoms with Gasteiger partial charge in [0.2, 0.25) is 0 Å². The van der Waals surface area contributed by atoms with Crippen LogP contribution in [0.5, 0.6) is 0 Å². The normalized spacial score (nSPS) is 12.8. The smallest absolute Gasteiger partial charge is 0.0431 e. The first-order valence-corrected chi connectivity index (χ1v) is 4.46. The Balaban J connectivity index is 2.65. The molecule has 3 heteroatoms. The molecule has 5 N–H and O–H groups in total. The molecule has 0 saturated carbocycles. The molecule has 3 nitrogen and oxygen atoms in total. The lowest BCUT2D eigenvalue weighted by Crippen LogP contribution is -2.12. The number of hydrogen-bond donors (Lipinski definition) is 3. The second kappa shape index (κ2) is 4.84. The van der Waals surface area contributed by atoms with Crippen LogP contribution >= 0.6 is 0 Å². The largest absolute Gasteiger partial charge is 0.398 e. The molecule has 0 radical (unpaired) electrons. The topological polar surface area (TPSA) is 72.3 Å². The van der Waals surface area contributed by atoms with Crippen LogP contribution in [0.1, 0.15) is 24.4 Å². The number of para-hydroxylation sites is 1. The maximum absolute atomic E-state index is 8.64. The van der Waals surface area contributed by atoms with Crippen LogP contribution in [-0.4, -0.2) is 11.7 Å². The van der Waals surface area contributed by atoms with Gasteiger partial charge in [-0.2, -0.15) is 0 Å². The van der Waals surface area contributed by atoms with E-state index in [1.807, 2.05) is 24.3 Å². The summed E-state index contributed by atoms with van der Waals surface area (Å²) in [7, 11) is 0. The van der Waals surface area contributed by atoms with Crippen LogP contribution < -0.4 is 11.5 Å². The molecular weight excluding hydrogens is 164 g/mol. The summed E-state index contributed by atoms with van der Waals surface area (Å²) in [5.41, 5.74) is 13.3. The second-order valence-electron chi connectivity index (χ2n) is 3.10. The first kappa shape index (κ1) is 10.0. The highest BCUT2D eigenvalue weighted by atomic mass is 16.2. The average Bonchev–Trinajstić information content (AvgIpc) is 2.15. The van der Waals surface area contributed by atoms with Crippen molar-refractivity contribution < 1.29 is 5.11 Å². The van der Waals surface area contributed by atoms with Gasteiger partial charge in [0, 0.05) is 18.3 Å². The maximum atomic E-state index is 8.64.